The normalized spacial score (nSPS) is 10.8. The summed E-state index contributed by atoms with van der Waals surface area (Å²) in [5.41, 5.74) is 1.43. The van der Waals surface area contributed by atoms with Crippen molar-refractivity contribution in [3.63, 3.8) is 0 Å². The number of amides is 1. The van der Waals surface area contributed by atoms with Crippen molar-refractivity contribution in [1.82, 2.24) is 0 Å². The van der Waals surface area contributed by atoms with Crippen molar-refractivity contribution in [2.45, 2.75) is 6.92 Å². The molecular weight excluding hydrogens is 412 g/mol. The molecule has 2 aromatic carbocycles. The van der Waals surface area contributed by atoms with Crippen molar-refractivity contribution in [1.29, 1.82) is 0 Å². The van der Waals surface area contributed by atoms with Crippen molar-refractivity contribution in [3.05, 3.63) is 47.5 Å². The molecule has 0 atom stereocenters. The molecule has 2 rings (SSSR count). The summed E-state index contributed by atoms with van der Waals surface area (Å²) >= 11 is 0. The van der Waals surface area contributed by atoms with Gasteiger partial charge in [0.15, 0.2) is 11.5 Å². The van der Waals surface area contributed by atoms with Gasteiger partial charge in [0.05, 0.1) is 44.5 Å². The SMILES string of the molecule is COC(=O)c1cc(OC)c(OC)cc1NC(=O)CN(c1ccc(C)cc1)S(C)(=O)=O. The van der Waals surface area contributed by atoms with Crippen molar-refractivity contribution in [3.8, 4) is 11.5 Å². The summed E-state index contributed by atoms with van der Waals surface area (Å²) < 4.78 is 40.6. The Morgan fingerprint density at radius 3 is 2.07 bits per heavy atom. The Balaban J connectivity index is 2.37. The van der Waals surface area contributed by atoms with Crippen LogP contribution >= 0.6 is 0 Å². The molecule has 0 saturated heterocycles. The summed E-state index contributed by atoms with van der Waals surface area (Å²) in [6, 6.07) is 9.48. The number of methoxy groups -OCH3 is 3. The lowest BCUT2D eigenvalue weighted by atomic mass is 10.1. The number of hydrogen-bond donors (Lipinski definition) is 1. The van der Waals surface area contributed by atoms with Gasteiger partial charge < -0.3 is 19.5 Å². The number of esters is 1. The van der Waals surface area contributed by atoms with Crippen LogP contribution in [0, 0.1) is 6.92 Å². The number of carbonyl (C=O) groups is 2. The summed E-state index contributed by atoms with van der Waals surface area (Å²) in [6.07, 6.45) is 1.01. The minimum absolute atomic E-state index is 0.0322. The van der Waals surface area contributed by atoms with Crippen molar-refractivity contribution >= 4 is 33.3 Å². The first kappa shape index (κ1) is 23.0. The minimum atomic E-state index is -3.74. The lowest BCUT2D eigenvalue weighted by Gasteiger charge is -2.22. The molecule has 2 aromatic rings. The van der Waals surface area contributed by atoms with Gasteiger partial charge in [0.2, 0.25) is 15.9 Å². The molecule has 0 aromatic heterocycles. The number of anilines is 2. The molecule has 0 radical (unpaired) electrons. The first-order valence-electron chi connectivity index (χ1n) is 8.79. The van der Waals surface area contributed by atoms with Gasteiger partial charge >= 0.3 is 5.97 Å². The van der Waals surface area contributed by atoms with Crippen LogP contribution < -0.4 is 19.1 Å². The zero-order valence-electron chi connectivity index (χ0n) is 17.4. The molecule has 0 spiro atoms. The van der Waals surface area contributed by atoms with E-state index < -0.39 is 28.4 Å². The van der Waals surface area contributed by atoms with Crippen LogP contribution in [0.1, 0.15) is 15.9 Å². The maximum Gasteiger partial charge on any atom is 0.340 e. The van der Waals surface area contributed by atoms with E-state index in [4.69, 9.17) is 14.2 Å². The number of aryl methyl sites for hydroxylation is 1. The number of rotatable bonds is 8. The molecule has 0 saturated carbocycles. The second-order valence-electron chi connectivity index (χ2n) is 6.40. The Hall–Kier alpha value is -3.27. The Bertz CT molecular complexity index is 1030. The van der Waals surface area contributed by atoms with E-state index >= 15 is 0 Å². The van der Waals surface area contributed by atoms with Gasteiger partial charge in [0.1, 0.15) is 6.54 Å². The van der Waals surface area contributed by atoms with Gasteiger partial charge in [0.25, 0.3) is 0 Å². The Labute approximate surface area is 175 Å². The predicted octanol–water partition coefficient (Wildman–Crippen LogP) is 2.20. The molecule has 1 amide bonds. The fraction of sp³-hybridized carbons (Fsp3) is 0.300. The van der Waals surface area contributed by atoms with Gasteiger partial charge in [-0.15, -0.1) is 0 Å². The highest BCUT2D eigenvalue weighted by atomic mass is 32.2. The number of ether oxygens (including phenoxy) is 3. The Morgan fingerprint density at radius 2 is 1.57 bits per heavy atom. The third-order valence-corrected chi connectivity index (χ3v) is 5.35. The van der Waals surface area contributed by atoms with Gasteiger partial charge in [-0.05, 0) is 19.1 Å². The Morgan fingerprint density at radius 1 is 1.00 bits per heavy atom. The molecule has 10 heteroatoms. The molecule has 0 aliphatic rings. The highest BCUT2D eigenvalue weighted by Gasteiger charge is 2.23. The molecule has 162 valence electrons. The largest absolute Gasteiger partial charge is 0.493 e. The number of hydrogen-bond acceptors (Lipinski definition) is 7. The molecule has 9 nitrogen and oxygen atoms in total. The van der Waals surface area contributed by atoms with Crippen molar-refractivity contribution < 1.29 is 32.2 Å². The number of sulfonamides is 1. The smallest absolute Gasteiger partial charge is 0.340 e. The highest BCUT2D eigenvalue weighted by Crippen LogP contribution is 2.34. The first-order chi connectivity index (χ1) is 14.1. The monoisotopic (exact) mass is 436 g/mol. The summed E-state index contributed by atoms with van der Waals surface area (Å²) in [4.78, 5) is 24.8. The zero-order chi connectivity index (χ0) is 22.5. The van der Waals surface area contributed by atoms with E-state index in [9.17, 15) is 18.0 Å². The van der Waals surface area contributed by atoms with E-state index in [-0.39, 0.29) is 22.7 Å². The molecule has 0 unspecified atom stereocenters. The molecule has 0 heterocycles. The fourth-order valence-electron chi connectivity index (χ4n) is 2.69. The lowest BCUT2D eigenvalue weighted by molar-refractivity contribution is -0.114. The van der Waals surface area contributed by atoms with Gasteiger partial charge in [0, 0.05) is 12.1 Å². The van der Waals surface area contributed by atoms with Crippen LogP contribution in [0.2, 0.25) is 0 Å². The van der Waals surface area contributed by atoms with E-state index in [2.05, 4.69) is 5.32 Å². The fourth-order valence-corrected chi connectivity index (χ4v) is 3.55. The van der Waals surface area contributed by atoms with Crippen LogP contribution in [0.5, 0.6) is 11.5 Å². The number of nitrogens with one attached hydrogen (secondary N) is 1. The lowest BCUT2D eigenvalue weighted by Crippen LogP contribution is -2.37. The predicted molar refractivity (Wildman–Crippen MR) is 113 cm³/mol. The second kappa shape index (κ2) is 9.49. The number of nitrogens with zero attached hydrogens (tertiary/aromatic N) is 1. The summed E-state index contributed by atoms with van der Waals surface area (Å²) in [5, 5.41) is 2.55. The van der Waals surface area contributed by atoms with Gasteiger partial charge in [-0.3, -0.25) is 9.10 Å². The molecule has 0 bridgehead atoms. The van der Waals surface area contributed by atoms with Crippen molar-refractivity contribution in [2.75, 3.05) is 43.8 Å². The average Bonchev–Trinajstić information content (AvgIpc) is 2.71. The van der Waals surface area contributed by atoms with Crippen LogP contribution in [0.3, 0.4) is 0 Å². The second-order valence-corrected chi connectivity index (χ2v) is 8.30. The van der Waals surface area contributed by atoms with Crippen LogP contribution in [0.25, 0.3) is 0 Å². The molecule has 0 aliphatic heterocycles. The van der Waals surface area contributed by atoms with Gasteiger partial charge in [-0.2, -0.15) is 0 Å². The third-order valence-electron chi connectivity index (χ3n) is 4.21. The van der Waals surface area contributed by atoms with Crippen LogP contribution in [0.4, 0.5) is 11.4 Å². The first-order valence-corrected chi connectivity index (χ1v) is 10.6. The summed E-state index contributed by atoms with van der Waals surface area (Å²) in [7, 11) is 0.277. The van der Waals surface area contributed by atoms with E-state index in [0.29, 0.717) is 5.69 Å². The van der Waals surface area contributed by atoms with Crippen LogP contribution in [-0.4, -0.2) is 54.4 Å². The van der Waals surface area contributed by atoms with E-state index in [0.717, 1.165) is 16.1 Å². The molecule has 30 heavy (non-hydrogen) atoms. The average molecular weight is 436 g/mol. The van der Waals surface area contributed by atoms with Gasteiger partial charge in [-0.25, -0.2) is 13.2 Å². The molecular formula is C20H24N2O7S. The van der Waals surface area contributed by atoms with E-state index in [1.807, 2.05) is 6.92 Å². The maximum atomic E-state index is 12.7. The van der Waals surface area contributed by atoms with Crippen molar-refractivity contribution in [2.24, 2.45) is 0 Å². The van der Waals surface area contributed by atoms with Gasteiger partial charge in [-0.1, -0.05) is 17.7 Å². The maximum absolute atomic E-state index is 12.7. The zero-order valence-corrected chi connectivity index (χ0v) is 18.2. The Kier molecular flexibility index (Phi) is 7.28. The van der Waals surface area contributed by atoms with E-state index in [1.165, 1.54) is 33.5 Å². The highest BCUT2D eigenvalue weighted by molar-refractivity contribution is 7.92. The summed E-state index contributed by atoms with van der Waals surface area (Å²) in [6.45, 7) is 1.38. The number of benzene rings is 2. The minimum Gasteiger partial charge on any atom is -0.493 e. The van der Waals surface area contributed by atoms with Crippen LogP contribution in [-0.2, 0) is 19.6 Å². The standard InChI is InChI=1S/C20H24N2O7S/c1-13-6-8-14(9-7-13)22(30(5,25)26)12-19(23)21-16-11-18(28-3)17(27-2)10-15(16)20(24)29-4/h6-11H,12H2,1-5H3,(H,21,23). The quantitative estimate of drug-likeness (QED) is 0.632. The molecule has 1 N–H and O–H groups in total. The molecule has 0 fully saturated rings. The topological polar surface area (TPSA) is 111 Å². The third kappa shape index (κ3) is 5.41. The van der Waals surface area contributed by atoms with E-state index in [1.54, 1.807) is 24.3 Å². The van der Waals surface area contributed by atoms with Crippen LogP contribution in [0.15, 0.2) is 36.4 Å². The number of carbonyl (C=O) groups excluding carboxylic acids is 2. The summed E-state index contributed by atoms with van der Waals surface area (Å²) in [5.74, 6) is -0.810. The molecule has 0 aliphatic carbocycles.